The third-order valence-electron chi connectivity index (χ3n) is 3.60. The van der Waals surface area contributed by atoms with Gasteiger partial charge in [0.05, 0.1) is 7.11 Å². The molecule has 0 aliphatic heterocycles. The minimum atomic E-state index is 0.474. The van der Waals surface area contributed by atoms with E-state index in [1.54, 1.807) is 7.11 Å². The van der Waals surface area contributed by atoms with Crippen molar-refractivity contribution in [3.8, 4) is 16.9 Å². The molecule has 91 valence electrons. The Morgan fingerprint density at radius 3 is 2.44 bits per heavy atom. The van der Waals surface area contributed by atoms with Crippen LogP contribution in [0.5, 0.6) is 5.75 Å². The number of methoxy groups -OCH3 is 1. The predicted octanol–water partition coefficient (Wildman–Crippen LogP) is 4.40. The van der Waals surface area contributed by atoms with Crippen molar-refractivity contribution in [1.82, 2.24) is 0 Å². The van der Waals surface area contributed by atoms with Crippen molar-refractivity contribution in [2.24, 2.45) is 0 Å². The van der Waals surface area contributed by atoms with Crippen LogP contribution >= 0.6 is 0 Å². The third-order valence-corrected chi connectivity index (χ3v) is 3.60. The second-order valence-corrected chi connectivity index (χ2v) is 5.04. The number of benzene rings is 2. The van der Waals surface area contributed by atoms with Gasteiger partial charge >= 0.3 is 0 Å². The van der Waals surface area contributed by atoms with E-state index >= 15 is 0 Å². The van der Waals surface area contributed by atoms with E-state index in [-0.39, 0.29) is 0 Å². The van der Waals surface area contributed by atoms with E-state index < -0.39 is 0 Å². The van der Waals surface area contributed by atoms with Gasteiger partial charge in [0, 0.05) is 12.0 Å². The summed E-state index contributed by atoms with van der Waals surface area (Å²) in [6.07, 6.45) is 2.23. The normalized spacial score (nSPS) is 12.4. The van der Waals surface area contributed by atoms with Crippen molar-refractivity contribution < 1.29 is 4.74 Å². The Balaban J connectivity index is 2.22. The summed E-state index contributed by atoms with van der Waals surface area (Å²) in [5, 5.41) is 0. The molecule has 1 aliphatic carbocycles. The van der Waals surface area contributed by atoms with E-state index in [2.05, 4.69) is 56.7 Å². The Morgan fingerprint density at radius 1 is 0.944 bits per heavy atom. The maximum absolute atomic E-state index is 5.65. The largest absolute Gasteiger partial charge is 0.496 e. The summed E-state index contributed by atoms with van der Waals surface area (Å²) in [5.74, 6) is 1.50. The molecule has 0 unspecified atom stereocenters. The van der Waals surface area contributed by atoms with Crippen LogP contribution < -0.4 is 4.74 Å². The van der Waals surface area contributed by atoms with Crippen LogP contribution in [0.1, 0.15) is 36.5 Å². The van der Waals surface area contributed by atoms with Crippen molar-refractivity contribution >= 4 is 0 Å². The molecule has 0 fully saturated rings. The molecule has 0 N–H and O–H groups in total. The van der Waals surface area contributed by atoms with Gasteiger partial charge in [0.15, 0.2) is 0 Å². The molecule has 0 amide bonds. The number of ether oxygens (including phenoxy) is 1. The minimum Gasteiger partial charge on any atom is -0.496 e. The average Bonchev–Trinajstić information content (AvgIpc) is 2.75. The first-order valence-electron chi connectivity index (χ1n) is 6.37. The molecule has 1 heteroatoms. The molecule has 2 aromatic rings. The molecular weight excluding hydrogens is 220 g/mol. The van der Waals surface area contributed by atoms with Crippen LogP contribution in [-0.4, -0.2) is 7.11 Å². The predicted molar refractivity (Wildman–Crippen MR) is 75.0 cm³/mol. The Morgan fingerprint density at radius 2 is 1.72 bits per heavy atom. The Kier molecular flexibility index (Phi) is 2.62. The van der Waals surface area contributed by atoms with Crippen molar-refractivity contribution in [2.45, 2.75) is 19.8 Å². The van der Waals surface area contributed by atoms with E-state index in [4.69, 9.17) is 4.74 Å². The number of hydrogen-bond donors (Lipinski definition) is 0. The van der Waals surface area contributed by atoms with Crippen molar-refractivity contribution in [3.05, 3.63) is 59.5 Å². The van der Waals surface area contributed by atoms with Crippen molar-refractivity contribution in [1.29, 1.82) is 0 Å². The Hall–Kier alpha value is -1.76. The Bertz CT molecular complexity index is 597. The lowest BCUT2D eigenvalue weighted by atomic mass is 9.95. The average molecular weight is 237 g/mol. The van der Waals surface area contributed by atoms with Crippen LogP contribution in [0, 0.1) is 6.42 Å². The zero-order chi connectivity index (χ0) is 12.7. The topological polar surface area (TPSA) is 9.23 Å². The van der Waals surface area contributed by atoms with Crippen molar-refractivity contribution in [2.75, 3.05) is 7.11 Å². The molecular formula is C17H17O. The SMILES string of the molecule is COc1c(C(C)C)ccc2c1[CH]c1ccccc1-2. The first-order valence-corrected chi connectivity index (χ1v) is 6.37. The van der Waals surface area contributed by atoms with Crippen LogP contribution in [0.3, 0.4) is 0 Å². The fourth-order valence-electron chi connectivity index (χ4n) is 2.70. The van der Waals surface area contributed by atoms with Gasteiger partial charge in [0.1, 0.15) is 5.75 Å². The highest BCUT2D eigenvalue weighted by atomic mass is 16.5. The highest BCUT2D eigenvalue weighted by molar-refractivity contribution is 5.84. The maximum Gasteiger partial charge on any atom is 0.126 e. The molecule has 18 heavy (non-hydrogen) atoms. The molecule has 0 atom stereocenters. The summed E-state index contributed by atoms with van der Waals surface area (Å²) in [4.78, 5) is 0. The van der Waals surface area contributed by atoms with E-state index in [0.717, 1.165) is 5.75 Å². The van der Waals surface area contributed by atoms with Crippen LogP contribution in [0.4, 0.5) is 0 Å². The molecule has 3 rings (SSSR count). The molecule has 2 aromatic carbocycles. The molecule has 1 nitrogen and oxygen atoms in total. The van der Waals surface area contributed by atoms with Crippen LogP contribution in [0.25, 0.3) is 11.1 Å². The van der Waals surface area contributed by atoms with Crippen LogP contribution in [0.2, 0.25) is 0 Å². The second kappa shape index (κ2) is 4.16. The molecule has 0 aromatic heterocycles. The third kappa shape index (κ3) is 1.54. The summed E-state index contributed by atoms with van der Waals surface area (Å²) in [5.41, 5.74) is 6.38. The van der Waals surface area contributed by atoms with E-state index in [1.165, 1.54) is 27.8 Å². The zero-order valence-electron chi connectivity index (χ0n) is 11.0. The Labute approximate surface area is 108 Å². The summed E-state index contributed by atoms with van der Waals surface area (Å²) in [7, 11) is 1.76. The smallest absolute Gasteiger partial charge is 0.126 e. The number of fused-ring (bicyclic) bond motifs is 3. The van der Waals surface area contributed by atoms with Gasteiger partial charge in [-0.15, -0.1) is 0 Å². The highest BCUT2D eigenvalue weighted by Gasteiger charge is 2.24. The van der Waals surface area contributed by atoms with Crippen LogP contribution in [0.15, 0.2) is 36.4 Å². The lowest BCUT2D eigenvalue weighted by Crippen LogP contribution is -1.97. The molecule has 0 spiro atoms. The number of rotatable bonds is 2. The van der Waals surface area contributed by atoms with Gasteiger partial charge in [-0.1, -0.05) is 50.2 Å². The zero-order valence-corrected chi connectivity index (χ0v) is 11.0. The lowest BCUT2D eigenvalue weighted by molar-refractivity contribution is 0.406. The van der Waals surface area contributed by atoms with Gasteiger partial charge in [-0.2, -0.15) is 0 Å². The molecule has 0 bridgehead atoms. The summed E-state index contributed by atoms with van der Waals surface area (Å²) >= 11 is 0. The van der Waals surface area contributed by atoms with Crippen molar-refractivity contribution in [3.63, 3.8) is 0 Å². The molecule has 1 radical (unpaired) electrons. The van der Waals surface area contributed by atoms with Gasteiger partial charge in [-0.3, -0.25) is 0 Å². The highest BCUT2D eigenvalue weighted by Crippen LogP contribution is 2.45. The molecule has 0 saturated heterocycles. The summed E-state index contributed by atoms with van der Waals surface area (Å²) in [6, 6.07) is 12.9. The summed E-state index contributed by atoms with van der Waals surface area (Å²) < 4.78 is 5.65. The van der Waals surface area contributed by atoms with Gasteiger partial charge in [0.2, 0.25) is 0 Å². The molecule has 0 heterocycles. The standard InChI is InChI=1S/C17H17O/c1-11(2)13-8-9-15-14-7-5-4-6-12(14)10-16(15)17(13)18-3/h4-11H,1-3H3. The minimum absolute atomic E-state index is 0.474. The fraction of sp³-hybridized carbons (Fsp3) is 0.235. The van der Waals surface area contributed by atoms with Gasteiger partial charge in [0.25, 0.3) is 0 Å². The van der Waals surface area contributed by atoms with E-state index in [1.807, 2.05) is 0 Å². The second-order valence-electron chi connectivity index (χ2n) is 5.04. The van der Waals surface area contributed by atoms with Gasteiger partial charge < -0.3 is 4.74 Å². The summed E-state index contributed by atoms with van der Waals surface area (Å²) in [6.45, 7) is 4.40. The van der Waals surface area contributed by atoms with Gasteiger partial charge in [-0.25, -0.2) is 0 Å². The van der Waals surface area contributed by atoms with E-state index in [0.29, 0.717) is 5.92 Å². The lowest BCUT2D eigenvalue weighted by Gasteiger charge is -2.15. The van der Waals surface area contributed by atoms with Crippen LogP contribution in [-0.2, 0) is 0 Å². The maximum atomic E-state index is 5.65. The number of hydrogen-bond acceptors (Lipinski definition) is 1. The van der Waals surface area contributed by atoms with E-state index in [9.17, 15) is 0 Å². The monoisotopic (exact) mass is 237 g/mol. The van der Waals surface area contributed by atoms with Gasteiger partial charge in [-0.05, 0) is 28.2 Å². The molecule has 0 saturated carbocycles. The first-order chi connectivity index (χ1) is 8.72. The quantitative estimate of drug-likeness (QED) is 0.642. The first kappa shape index (κ1) is 11.3. The molecule has 1 aliphatic rings. The fourth-order valence-corrected chi connectivity index (χ4v) is 2.70.